The number of primary amides is 2. The quantitative estimate of drug-likeness (QED) is 0.419. The van der Waals surface area contributed by atoms with Gasteiger partial charge >= 0.3 is 12.2 Å². The molecule has 1 aromatic rings. The van der Waals surface area contributed by atoms with Gasteiger partial charge in [0.05, 0.1) is 12.6 Å². The predicted octanol–water partition coefficient (Wildman–Crippen LogP) is 1.17. The van der Waals surface area contributed by atoms with Crippen molar-refractivity contribution in [2.24, 2.45) is 11.5 Å². The highest BCUT2D eigenvalue weighted by atomic mass is 16.7. The van der Waals surface area contributed by atoms with Crippen molar-refractivity contribution in [3.63, 3.8) is 0 Å². The number of fused-ring (bicyclic) bond motifs is 1. The summed E-state index contributed by atoms with van der Waals surface area (Å²) in [5.74, 6) is 0.0945. The summed E-state index contributed by atoms with van der Waals surface area (Å²) < 4.78 is 20.0. The van der Waals surface area contributed by atoms with Gasteiger partial charge in [0.1, 0.15) is 0 Å². The van der Waals surface area contributed by atoms with E-state index in [1.807, 2.05) is 0 Å². The largest absolute Gasteiger partial charge is 0.454 e. The minimum absolute atomic E-state index is 0.0711. The van der Waals surface area contributed by atoms with E-state index in [0.717, 1.165) is 0 Å². The van der Waals surface area contributed by atoms with Crippen LogP contribution in [-0.4, -0.2) is 61.4 Å². The Labute approximate surface area is 173 Å². The lowest BCUT2D eigenvalue weighted by atomic mass is 10.0. The molecule has 0 saturated heterocycles. The number of ketones is 1. The molecule has 0 bridgehead atoms. The Morgan fingerprint density at radius 2 is 1.80 bits per heavy atom. The lowest BCUT2D eigenvalue weighted by Gasteiger charge is -2.28. The molecule has 4 N–H and O–H groups in total. The maximum absolute atomic E-state index is 12.8. The zero-order valence-corrected chi connectivity index (χ0v) is 16.8. The summed E-state index contributed by atoms with van der Waals surface area (Å²) in [7, 11) is 1.44. The fourth-order valence-electron chi connectivity index (χ4n) is 2.86. The van der Waals surface area contributed by atoms with E-state index in [9.17, 15) is 19.2 Å². The molecule has 30 heavy (non-hydrogen) atoms. The highest BCUT2D eigenvalue weighted by molar-refractivity contribution is 6.02. The molecule has 0 aliphatic carbocycles. The summed E-state index contributed by atoms with van der Waals surface area (Å²) in [6.07, 6.45) is -2.23. The second-order valence-electron chi connectivity index (χ2n) is 6.65. The molecule has 0 saturated carbocycles. The molecular weight excluding hydrogens is 398 g/mol. The molecule has 1 aliphatic rings. The van der Waals surface area contributed by atoms with Crippen LogP contribution in [0.25, 0.3) is 0 Å². The van der Waals surface area contributed by atoms with Gasteiger partial charge in [-0.3, -0.25) is 9.59 Å². The van der Waals surface area contributed by atoms with E-state index in [-0.39, 0.29) is 25.6 Å². The number of carbonyl (C=O) groups is 4. The summed E-state index contributed by atoms with van der Waals surface area (Å²) in [5.41, 5.74) is 10.3. The molecule has 1 heterocycles. The molecule has 0 radical (unpaired) electrons. The zero-order chi connectivity index (χ0) is 22.3. The van der Waals surface area contributed by atoms with Crippen molar-refractivity contribution < 1.29 is 38.1 Å². The Morgan fingerprint density at radius 3 is 2.47 bits per heavy atom. The van der Waals surface area contributed by atoms with Crippen molar-refractivity contribution in [2.75, 3.05) is 20.4 Å². The van der Waals surface area contributed by atoms with E-state index in [0.29, 0.717) is 29.9 Å². The minimum atomic E-state index is -1.17. The third-order valence-corrected chi connectivity index (χ3v) is 4.60. The third-order valence-electron chi connectivity index (χ3n) is 4.60. The van der Waals surface area contributed by atoms with Crippen molar-refractivity contribution in [2.45, 2.75) is 38.3 Å². The van der Waals surface area contributed by atoms with Crippen LogP contribution >= 0.6 is 0 Å². The van der Waals surface area contributed by atoms with Crippen molar-refractivity contribution in [1.82, 2.24) is 4.90 Å². The van der Waals surface area contributed by atoms with Crippen LogP contribution in [0, 0.1) is 0 Å². The number of amides is 3. The first-order chi connectivity index (χ1) is 14.2. The zero-order valence-electron chi connectivity index (χ0n) is 16.8. The minimum Gasteiger partial charge on any atom is -0.454 e. The highest BCUT2D eigenvalue weighted by Crippen LogP contribution is 2.33. The highest BCUT2D eigenvalue weighted by Gasteiger charge is 2.31. The number of Topliss-reactive ketones (excluding diaryl/α,β-unsaturated/α-hetero) is 1. The van der Waals surface area contributed by atoms with Gasteiger partial charge in [0, 0.05) is 12.6 Å². The van der Waals surface area contributed by atoms with Gasteiger partial charge in [-0.05, 0) is 44.4 Å². The molecule has 0 spiro atoms. The number of carbonyl (C=O) groups excluding carboxylic acids is 4. The predicted molar refractivity (Wildman–Crippen MR) is 103 cm³/mol. The van der Waals surface area contributed by atoms with Crippen molar-refractivity contribution in [3.05, 3.63) is 23.8 Å². The molecule has 2 atom stereocenters. The second-order valence-corrected chi connectivity index (χ2v) is 6.65. The van der Waals surface area contributed by atoms with Gasteiger partial charge in [0.15, 0.2) is 23.4 Å². The van der Waals surface area contributed by atoms with Gasteiger partial charge in [0.25, 0.3) is 5.91 Å². The molecule has 1 aromatic carbocycles. The van der Waals surface area contributed by atoms with Gasteiger partial charge in [-0.25, -0.2) is 9.59 Å². The van der Waals surface area contributed by atoms with Gasteiger partial charge in [0.2, 0.25) is 6.79 Å². The Balaban J connectivity index is 2.00. The molecule has 11 nitrogen and oxygen atoms in total. The van der Waals surface area contributed by atoms with Crippen LogP contribution in [0.4, 0.5) is 9.59 Å². The summed E-state index contributed by atoms with van der Waals surface area (Å²) in [4.78, 5) is 48.6. The molecule has 164 valence electrons. The number of ether oxygens (including phenoxy) is 4. The Hall–Kier alpha value is -3.50. The maximum Gasteiger partial charge on any atom is 0.405 e. The van der Waals surface area contributed by atoms with Crippen LogP contribution in [0.1, 0.15) is 36.5 Å². The Bertz CT molecular complexity index is 813. The normalized spacial score (nSPS) is 13.8. The lowest BCUT2D eigenvalue weighted by Crippen LogP contribution is -2.47. The Morgan fingerprint density at radius 1 is 1.10 bits per heavy atom. The first kappa shape index (κ1) is 22.8. The summed E-state index contributed by atoms with van der Waals surface area (Å²) in [6, 6.07) is 3.92. The van der Waals surface area contributed by atoms with Gasteiger partial charge < -0.3 is 35.3 Å². The van der Waals surface area contributed by atoms with Crippen LogP contribution in [0.15, 0.2) is 18.2 Å². The van der Waals surface area contributed by atoms with Crippen LogP contribution in [0.2, 0.25) is 0 Å². The number of likely N-dealkylation sites (N-methyl/N-ethyl adjacent to an activating group) is 1. The topological polar surface area (TPSA) is 160 Å². The average molecular weight is 423 g/mol. The van der Waals surface area contributed by atoms with Crippen molar-refractivity contribution >= 4 is 23.9 Å². The van der Waals surface area contributed by atoms with Gasteiger partial charge in [-0.1, -0.05) is 0 Å². The van der Waals surface area contributed by atoms with Gasteiger partial charge in [-0.15, -0.1) is 0 Å². The lowest BCUT2D eigenvalue weighted by molar-refractivity contribution is -0.140. The molecule has 11 heteroatoms. The standard InChI is InChI=1S/C19H25N3O8/c1-11(16(23)12-6-7-13-15(9-12)29-10-28-13)22(2)17(24)14(30-19(21)26)5-3-4-8-27-18(20)25/h6-7,9,11,14H,3-5,8,10H2,1-2H3,(H2,20,25)(H2,21,26)/t11?,14-/m0/s1. The number of nitrogens with two attached hydrogens (primary N) is 2. The smallest absolute Gasteiger partial charge is 0.405 e. The summed E-state index contributed by atoms with van der Waals surface area (Å²) in [5, 5.41) is 0. The van der Waals surface area contributed by atoms with Crippen LogP contribution in [-0.2, 0) is 14.3 Å². The second kappa shape index (κ2) is 10.3. The van der Waals surface area contributed by atoms with E-state index in [1.54, 1.807) is 25.1 Å². The summed E-state index contributed by atoms with van der Waals surface area (Å²) >= 11 is 0. The van der Waals surface area contributed by atoms with Gasteiger partial charge in [-0.2, -0.15) is 0 Å². The molecule has 2 rings (SSSR count). The molecule has 1 aliphatic heterocycles. The maximum atomic E-state index is 12.8. The number of unbranched alkanes of at least 4 members (excludes halogenated alkanes) is 1. The van der Waals surface area contributed by atoms with Crippen molar-refractivity contribution in [3.8, 4) is 11.5 Å². The number of rotatable bonds is 10. The summed E-state index contributed by atoms with van der Waals surface area (Å²) in [6.45, 7) is 1.71. The number of hydrogen-bond donors (Lipinski definition) is 2. The first-order valence-electron chi connectivity index (χ1n) is 9.29. The fraction of sp³-hybridized carbons (Fsp3) is 0.474. The molecular formula is C19H25N3O8. The van der Waals surface area contributed by atoms with E-state index in [2.05, 4.69) is 4.74 Å². The van der Waals surface area contributed by atoms with Crippen LogP contribution in [0.5, 0.6) is 11.5 Å². The van der Waals surface area contributed by atoms with Crippen LogP contribution in [0.3, 0.4) is 0 Å². The monoisotopic (exact) mass is 423 g/mol. The molecule has 0 aromatic heterocycles. The molecule has 0 fully saturated rings. The molecule has 1 unspecified atom stereocenters. The van der Waals surface area contributed by atoms with Crippen LogP contribution < -0.4 is 20.9 Å². The average Bonchev–Trinajstić information content (AvgIpc) is 3.17. The fourth-order valence-corrected chi connectivity index (χ4v) is 2.86. The van der Waals surface area contributed by atoms with E-state index in [1.165, 1.54) is 11.9 Å². The number of hydrogen-bond acceptors (Lipinski definition) is 8. The SMILES string of the molecule is CC(C(=O)c1ccc2c(c1)OCO2)N(C)C(=O)[C@H](CCCCOC(N)=O)OC(N)=O. The van der Waals surface area contributed by atoms with E-state index in [4.69, 9.17) is 25.7 Å². The van der Waals surface area contributed by atoms with E-state index >= 15 is 0 Å². The first-order valence-corrected chi connectivity index (χ1v) is 9.29. The third kappa shape index (κ3) is 6.00. The van der Waals surface area contributed by atoms with Crippen molar-refractivity contribution in [1.29, 1.82) is 0 Å². The van der Waals surface area contributed by atoms with E-state index < -0.39 is 30.2 Å². The number of benzene rings is 1. The Kier molecular flexibility index (Phi) is 7.84. The molecule has 3 amide bonds. The number of nitrogens with zero attached hydrogens (tertiary/aromatic N) is 1.